The van der Waals surface area contributed by atoms with Gasteiger partial charge < -0.3 is 14.0 Å². The minimum absolute atomic E-state index is 0.130. The largest absolute Gasteiger partial charge is 0.390 e. The van der Waals surface area contributed by atoms with Crippen LogP contribution in [0.3, 0.4) is 0 Å². The molecule has 2 fully saturated rings. The highest BCUT2D eigenvalue weighted by molar-refractivity contribution is 6.75. The zero-order valence-electron chi connectivity index (χ0n) is 33.3. The second-order valence-electron chi connectivity index (χ2n) is 19.5. The molecule has 266 valence electrons. The normalized spacial score (nSPS) is 30.2. The maximum absolute atomic E-state index is 10.6. The first-order valence-electron chi connectivity index (χ1n) is 19.1. The van der Waals surface area contributed by atoms with E-state index in [-0.39, 0.29) is 20.9 Å². The molecule has 0 aromatic heterocycles. The number of rotatable bonds is 9. The van der Waals surface area contributed by atoms with Crippen LogP contribution in [0.25, 0.3) is 0 Å². The molecule has 5 heteroatoms. The molecule has 0 unspecified atom stereocenters. The first-order chi connectivity index (χ1) is 21.4. The summed E-state index contributed by atoms with van der Waals surface area (Å²) < 4.78 is 14.9. The molecular weight excluding hydrogens is 609 g/mol. The molecule has 4 aliphatic carbocycles. The SMILES string of the molecule is CCC(O)(C#CCC[C@H](C)C1=CC[C@H]2C3=CC=C4CC(O[Si](C)(C)C(C)(C)C)(O[Si](C)(C)C(C)(C)C)CC[C@]4(C)[C@H]3CC[C@]12C)CC. The van der Waals surface area contributed by atoms with Crippen molar-refractivity contribution in [3.8, 4) is 11.8 Å². The number of fused-ring (bicyclic) bond motifs is 5. The van der Waals surface area contributed by atoms with E-state index < -0.39 is 28.0 Å². The Morgan fingerprint density at radius 3 is 1.98 bits per heavy atom. The van der Waals surface area contributed by atoms with Crippen LogP contribution in [0.15, 0.2) is 34.9 Å². The Morgan fingerprint density at radius 1 is 0.872 bits per heavy atom. The van der Waals surface area contributed by atoms with Crippen molar-refractivity contribution in [1.29, 1.82) is 0 Å². The molecule has 4 aliphatic rings. The van der Waals surface area contributed by atoms with E-state index in [4.69, 9.17) is 8.85 Å². The van der Waals surface area contributed by atoms with Crippen molar-refractivity contribution >= 4 is 16.6 Å². The molecule has 5 atom stereocenters. The summed E-state index contributed by atoms with van der Waals surface area (Å²) in [6.07, 6.45) is 17.7. The second-order valence-corrected chi connectivity index (χ2v) is 29.0. The van der Waals surface area contributed by atoms with E-state index in [0.717, 1.165) is 32.1 Å². The number of hydrogen-bond acceptors (Lipinski definition) is 3. The Balaban J connectivity index is 1.60. The summed E-state index contributed by atoms with van der Waals surface area (Å²) in [7, 11) is -4.17. The standard InChI is InChI=1S/C42H72O3Si2/c1-16-41(43,17-2)26-19-18-20-31(3)34-23-24-35-33-22-21-32-30-42(44-46(12,13)37(4,5)6,45-47(14,15)38(7,8)9)29-28-39(32,10)36(33)25-27-40(34,35)11/h21-23,31,35-36,43H,16-18,20,24-25,27-30H2,1-15H3/t31-,35-,36-,39-,40+/m0/s1. The fourth-order valence-electron chi connectivity index (χ4n) is 8.86. The van der Waals surface area contributed by atoms with Crippen LogP contribution < -0.4 is 0 Å². The van der Waals surface area contributed by atoms with Gasteiger partial charge in [-0.15, -0.1) is 5.92 Å². The van der Waals surface area contributed by atoms with Crippen LogP contribution in [0.4, 0.5) is 0 Å². The molecule has 0 aliphatic heterocycles. The Kier molecular flexibility index (Phi) is 10.8. The van der Waals surface area contributed by atoms with Crippen LogP contribution in [0.2, 0.25) is 36.3 Å². The molecule has 47 heavy (non-hydrogen) atoms. The molecule has 3 nitrogen and oxygen atoms in total. The Morgan fingerprint density at radius 2 is 1.45 bits per heavy atom. The summed E-state index contributed by atoms with van der Waals surface area (Å²) in [6, 6.07) is 0. The molecule has 0 bridgehead atoms. The van der Waals surface area contributed by atoms with Crippen LogP contribution in [0.5, 0.6) is 0 Å². The lowest BCUT2D eigenvalue weighted by Gasteiger charge is -2.59. The highest BCUT2D eigenvalue weighted by Gasteiger charge is 2.59. The van der Waals surface area contributed by atoms with Crippen LogP contribution in [-0.4, -0.2) is 33.1 Å². The Labute approximate surface area is 293 Å². The first-order valence-corrected chi connectivity index (χ1v) is 25.0. The average Bonchev–Trinajstić information content (AvgIpc) is 3.31. The number of hydrogen-bond donors (Lipinski definition) is 1. The monoisotopic (exact) mass is 681 g/mol. The van der Waals surface area contributed by atoms with Gasteiger partial charge in [0.25, 0.3) is 0 Å². The third-order valence-electron chi connectivity index (χ3n) is 14.4. The first kappa shape index (κ1) is 38.9. The van der Waals surface area contributed by atoms with Gasteiger partial charge >= 0.3 is 0 Å². The topological polar surface area (TPSA) is 38.7 Å². The van der Waals surface area contributed by atoms with E-state index in [2.05, 4.69) is 119 Å². The van der Waals surface area contributed by atoms with Crippen molar-refractivity contribution in [2.45, 2.75) is 188 Å². The summed E-state index contributed by atoms with van der Waals surface area (Å²) >= 11 is 0. The molecular formula is C42H72O3Si2. The highest BCUT2D eigenvalue weighted by atomic mass is 28.4. The highest BCUT2D eigenvalue weighted by Crippen LogP contribution is 2.66. The maximum atomic E-state index is 10.6. The average molecular weight is 681 g/mol. The van der Waals surface area contributed by atoms with Crippen LogP contribution in [-0.2, 0) is 8.85 Å². The Hall–Kier alpha value is -0.906. The van der Waals surface area contributed by atoms with Crippen molar-refractivity contribution < 1.29 is 14.0 Å². The van der Waals surface area contributed by atoms with Gasteiger partial charge in [-0.05, 0) is 110 Å². The molecule has 1 N–H and O–H groups in total. The van der Waals surface area contributed by atoms with Gasteiger partial charge in [0.15, 0.2) is 22.4 Å². The van der Waals surface area contributed by atoms with E-state index in [1.807, 2.05) is 13.8 Å². The molecule has 0 saturated heterocycles. The van der Waals surface area contributed by atoms with Gasteiger partial charge in [-0.1, -0.05) is 117 Å². The van der Waals surface area contributed by atoms with E-state index in [0.29, 0.717) is 30.6 Å². The van der Waals surface area contributed by atoms with Crippen molar-refractivity contribution in [2.75, 3.05) is 0 Å². The van der Waals surface area contributed by atoms with Gasteiger partial charge in [0.05, 0.1) is 0 Å². The molecule has 0 aromatic carbocycles. The third-order valence-corrected chi connectivity index (χ3v) is 23.4. The predicted molar refractivity (Wildman–Crippen MR) is 206 cm³/mol. The molecule has 0 radical (unpaired) electrons. The quantitative estimate of drug-likeness (QED) is 0.114. The minimum atomic E-state index is -2.08. The van der Waals surface area contributed by atoms with Gasteiger partial charge in [-0.2, -0.15) is 0 Å². The predicted octanol–water partition coefficient (Wildman–Crippen LogP) is 12.1. The number of aliphatic hydroxyl groups is 1. The molecule has 0 amide bonds. The Bertz CT molecular complexity index is 1290. The van der Waals surface area contributed by atoms with E-state index in [1.165, 1.54) is 19.3 Å². The van der Waals surface area contributed by atoms with Gasteiger partial charge in [0, 0.05) is 19.3 Å². The van der Waals surface area contributed by atoms with E-state index in [9.17, 15) is 5.11 Å². The second kappa shape index (κ2) is 13.0. The smallest absolute Gasteiger partial charge is 0.195 e. The lowest BCUT2D eigenvalue weighted by molar-refractivity contribution is -0.159. The third kappa shape index (κ3) is 7.30. The van der Waals surface area contributed by atoms with Gasteiger partial charge in [-0.25, -0.2) is 0 Å². The summed E-state index contributed by atoms with van der Waals surface area (Å²) in [5, 5.41) is 10.9. The summed E-state index contributed by atoms with van der Waals surface area (Å²) in [6.45, 7) is 35.4. The van der Waals surface area contributed by atoms with Crippen LogP contribution >= 0.6 is 0 Å². The van der Waals surface area contributed by atoms with Gasteiger partial charge in [0.1, 0.15) is 5.60 Å². The van der Waals surface area contributed by atoms with Crippen molar-refractivity contribution in [2.24, 2.45) is 28.6 Å². The molecule has 4 rings (SSSR count). The fraction of sp³-hybridized carbons (Fsp3) is 0.810. The molecule has 2 saturated carbocycles. The molecule has 0 spiro atoms. The summed E-state index contributed by atoms with van der Waals surface area (Å²) in [5.41, 5.74) is 4.52. The fourth-order valence-corrected chi connectivity index (χ4v) is 11.9. The lowest BCUT2D eigenvalue weighted by atomic mass is 9.50. The molecule has 0 aromatic rings. The van der Waals surface area contributed by atoms with Crippen molar-refractivity contribution in [3.05, 3.63) is 34.9 Å². The summed E-state index contributed by atoms with van der Waals surface area (Å²) in [5.74, 6) is 7.71. The van der Waals surface area contributed by atoms with Crippen molar-refractivity contribution in [3.63, 3.8) is 0 Å². The number of allylic oxidation sites excluding steroid dienone is 5. The van der Waals surface area contributed by atoms with Crippen LogP contribution in [0.1, 0.15) is 140 Å². The van der Waals surface area contributed by atoms with E-state index in [1.54, 1.807) is 16.7 Å². The molecule has 0 heterocycles. The zero-order valence-corrected chi connectivity index (χ0v) is 35.3. The maximum Gasteiger partial charge on any atom is 0.195 e. The van der Waals surface area contributed by atoms with Gasteiger partial charge in [0.2, 0.25) is 0 Å². The lowest BCUT2D eigenvalue weighted by Crippen LogP contribution is -2.59. The minimum Gasteiger partial charge on any atom is -0.390 e. The summed E-state index contributed by atoms with van der Waals surface area (Å²) in [4.78, 5) is 0. The van der Waals surface area contributed by atoms with Crippen LogP contribution in [0, 0.1) is 40.4 Å². The zero-order chi connectivity index (χ0) is 35.5. The van der Waals surface area contributed by atoms with Crippen molar-refractivity contribution in [1.82, 2.24) is 0 Å². The van der Waals surface area contributed by atoms with E-state index >= 15 is 0 Å². The van der Waals surface area contributed by atoms with Gasteiger partial charge in [-0.3, -0.25) is 0 Å².